The van der Waals surface area contributed by atoms with Crippen molar-refractivity contribution in [2.75, 3.05) is 5.75 Å². The third kappa shape index (κ3) is 3.20. The molecule has 0 aliphatic carbocycles. The minimum absolute atomic E-state index is 0.0862. The van der Waals surface area contributed by atoms with Crippen molar-refractivity contribution in [1.82, 2.24) is 14.9 Å². The molecule has 28 heavy (non-hydrogen) atoms. The van der Waals surface area contributed by atoms with Crippen LogP contribution in [0.1, 0.15) is 21.6 Å². The number of aromatic nitrogens is 2. The highest BCUT2D eigenvalue weighted by molar-refractivity contribution is 7.91. The van der Waals surface area contributed by atoms with Gasteiger partial charge in [-0.15, -0.1) is 0 Å². The van der Waals surface area contributed by atoms with Gasteiger partial charge in [-0.2, -0.15) is 0 Å². The van der Waals surface area contributed by atoms with Gasteiger partial charge in [0.25, 0.3) is 5.91 Å². The zero-order valence-electron chi connectivity index (χ0n) is 15.1. The van der Waals surface area contributed by atoms with Crippen LogP contribution >= 0.6 is 0 Å². The molecular weight excluding hydrogens is 381 g/mol. The van der Waals surface area contributed by atoms with Crippen LogP contribution in [0.25, 0.3) is 11.3 Å². The van der Waals surface area contributed by atoms with E-state index in [-0.39, 0.29) is 28.8 Å². The topological polar surface area (TPSA) is 81.1 Å². The van der Waals surface area contributed by atoms with E-state index in [2.05, 4.69) is 10.3 Å². The van der Waals surface area contributed by atoms with Gasteiger partial charge >= 0.3 is 0 Å². The Bertz CT molecular complexity index is 1170. The first-order valence-electron chi connectivity index (χ1n) is 8.79. The van der Waals surface area contributed by atoms with E-state index in [0.717, 1.165) is 11.1 Å². The lowest BCUT2D eigenvalue weighted by Gasteiger charge is -2.10. The quantitative estimate of drug-likeness (QED) is 0.731. The van der Waals surface area contributed by atoms with Gasteiger partial charge < -0.3 is 9.88 Å². The molecule has 1 aliphatic heterocycles. The van der Waals surface area contributed by atoms with E-state index in [1.54, 1.807) is 0 Å². The van der Waals surface area contributed by atoms with Crippen LogP contribution < -0.4 is 5.32 Å². The molecule has 0 atom stereocenters. The Morgan fingerprint density at radius 2 is 1.89 bits per heavy atom. The van der Waals surface area contributed by atoms with Crippen molar-refractivity contribution in [2.24, 2.45) is 0 Å². The first-order valence-corrected chi connectivity index (χ1v) is 10.4. The molecular formula is C20H18FN3O3S. The van der Waals surface area contributed by atoms with Gasteiger partial charge in [0.2, 0.25) is 15.0 Å². The largest absolute Gasteiger partial charge is 0.347 e. The van der Waals surface area contributed by atoms with Gasteiger partial charge in [-0.1, -0.05) is 24.3 Å². The maximum atomic E-state index is 13.3. The zero-order chi connectivity index (χ0) is 19.9. The second kappa shape index (κ2) is 6.87. The maximum absolute atomic E-state index is 13.3. The van der Waals surface area contributed by atoms with E-state index in [1.165, 1.54) is 28.8 Å². The minimum atomic E-state index is -3.53. The van der Waals surface area contributed by atoms with Crippen molar-refractivity contribution in [3.63, 3.8) is 0 Å². The molecule has 0 unspecified atom stereocenters. The number of carbonyl (C=O) groups excluding carboxylic acids is 1. The number of hydrogen-bond acceptors (Lipinski definition) is 4. The second-order valence-electron chi connectivity index (χ2n) is 6.68. The van der Waals surface area contributed by atoms with E-state index < -0.39 is 21.6 Å². The number of amides is 1. The van der Waals surface area contributed by atoms with Gasteiger partial charge in [-0.25, -0.2) is 17.8 Å². The Balaban J connectivity index is 1.74. The maximum Gasteiger partial charge on any atom is 0.270 e. The predicted octanol–water partition coefficient (Wildman–Crippen LogP) is 2.71. The van der Waals surface area contributed by atoms with Crippen molar-refractivity contribution < 1.29 is 17.6 Å². The number of imidazole rings is 1. The normalized spacial score (nSPS) is 14.6. The molecule has 1 amide bonds. The smallest absolute Gasteiger partial charge is 0.270 e. The van der Waals surface area contributed by atoms with Crippen LogP contribution in [-0.4, -0.2) is 29.6 Å². The van der Waals surface area contributed by atoms with Crippen LogP contribution in [0.3, 0.4) is 0 Å². The fourth-order valence-electron chi connectivity index (χ4n) is 3.29. The number of sulfone groups is 1. The van der Waals surface area contributed by atoms with E-state index in [4.69, 9.17) is 0 Å². The lowest BCUT2D eigenvalue weighted by molar-refractivity contribution is 0.0942. The summed E-state index contributed by atoms with van der Waals surface area (Å²) in [5, 5.41) is 2.73. The molecule has 8 heteroatoms. The summed E-state index contributed by atoms with van der Waals surface area (Å²) in [6, 6.07) is 13.2. The third-order valence-electron chi connectivity index (χ3n) is 4.83. The predicted molar refractivity (Wildman–Crippen MR) is 102 cm³/mol. The molecule has 0 radical (unpaired) electrons. The van der Waals surface area contributed by atoms with Gasteiger partial charge in [0.05, 0.1) is 5.75 Å². The molecule has 0 bridgehead atoms. The highest BCUT2D eigenvalue weighted by Crippen LogP contribution is 2.30. The SMILES string of the molecule is Cc1ccccc1CNC(=O)c1c(-c2ccc(F)cc2)nc2n1CCS2(=O)=O. The Hall–Kier alpha value is -3.00. The summed E-state index contributed by atoms with van der Waals surface area (Å²) in [4.78, 5) is 17.2. The summed E-state index contributed by atoms with van der Waals surface area (Å²) in [7, 11) is -3.53. The van der Waals surface area contributed by atoms with Crippen LogP contribution in [0.4, 0.5) is 4.39 Å². The zero-order valence-corrected chi connectivity index (χ0v) is 16.0. The van der Waals surface area contributed by atoms with Crippen LogP contribution in [-0.2, 0) is 22.9 Å². The van der Waals surface area contributed by atoms with Gasteiger partial charge in [-0.3, -0.25) is 4.79 Å². The fourth-order valence-corrected chi connectivity index (χ4v) is 4.64. The molecule has 1 aromatic heterocycles. The van der Waals surface area contributed by atoms with Crippen molar-refractivity contribution in [1.29, 1.82) is 0 Å². The number of hydrogen-bond donors (Lipinski definition) is 1. The average molecular weight is 399 g/mol. The first kappa shape index (κ1) is 18.4. The number of aryl methyl sites for hydroxylation is 1. The molecule has 6 nitrogen and oxygen atoms in total. The summed E-state index contributed by atoms with van der Waals surface area (Å²) in [5.41, 5.74) is 2.91. The average Bonchev–Trinajstić information content (AvgIpc) is 3.19. The number of fused-ring (bicyclic) bond motifs is 1. The van der Waals surface area contributed by atoms with E-state index >= 15 is 0 Å². The number of rotatable bonds is 4. The molecule has 1 aliphatic rings. The Morgan fingerprint density at radius 3 is 2.61 bits per heavy atom. The molecule has 2 aromatic carbocycles. The van der Waals surface area contributed by atoms with Crippen molar-refractivity contribution in [3.05, 3.63) is 71.2 Å². The first-order chi connectivity index (χ1) is 13.4. The number of nitrogens with one attached hydrogen (secondary N) is 1. The number of halogens is 1. The van der Waals surface area contributed by atoms with Gasteiger partial charge in [-0.05, 0) is 42.3 Å². The van der Waals surface area contributed by atoms with E-state index in [9.17, 15) is 17.6 Å². The van der Waals surface area contributed by atoms with Crippen molar-refractivity contribution in [3.8, 4) is 11.3 Å². The van der Waals surface area contributed by atoms with Gasteiger partial charge in [0.1, 0.15) is 17.2 Å². The Labute approximate surface area is 162 Å². The van der Waals surface area contributed by atoms with Crippen LogP contribution in [0, 0.1) is 12.7 Å². The van der Waals surface area contributed by atoms with Crippen molar-refractivity contribution >= 4 is 15.7 Å². The molecule has 1 N–H and O–H groups in total. The van der Waals surface area contributed by atoms with Gasteiger partial charge in [0.15, 0.2) is 0 Å². The molecule has 0 spiro atoms. The number of benzene rings is 2. The van der Waals surface area contributed by atoms with Gasteiger partial charge in [0, 0.05) is 18.7 Å². The summed E-state index contributed by atoms with van der Waals surface area (Å²) in [5.74, 6) is -0.927. The highest BCUT2D eigenvalue weighted by atomic mass is 32.2. The van der Waals surface area contributed by atoms with Crippen molar-refractivity contribution in [2.45, 2.75) is 25.2 Å². The van der Waals surface area contributed by atoms with E-state index in [0.29, 0.717) is 12.1 Å². The summed E-state index contributed by atoms with van der Waals surface area (Å²) in [6.45, 7) is 2.43. The van der Waals surface area contributed by atoms with Crippen LogP contribution in [0.2, 0.25) is 0 Å². The Morgan fingerprint density at radius 1 is 1.18 bits per heavy atom. The Kier molecular flexibility index (Phi) is 4.50. The summed E-state index contributed by atoms with van der Waals surface area (Å²) < 4.78 is 39.3. The monoisotopic (exact) mass is 399 g/mol. The molecule has 0 fully saturated rings. The highest BCUT2D eigenvalue weighted by Gasteiger charge is 2.35. The van der Waals surface area contributed by atoms with Crippen LogP contribution in [0.5, 0.6) is 0 Å². The summed E-state index contributed by atoms with van der Waals surface area (Å²) in [6.07, 6.45) is 0. The number of carbonyl (C=O) groups is 1. The standard InChI is InChI=1S/C20H18FN3O3S/c1-13-4-2-3-5-15(13)12-22-19(25)18-17(14-6-8-16(21)9-7-14)23-20-24(18)10-11-28(20,26)27/h2-9H,10-12H2,1H3,(H,22,25). The fraction of sp³-hybridized carbons (Fsp3) is 0.200. The third-order valence-corrected chi connectivity index (χ3v) is 6.42. The summed E-state index contributed by atoms with van der Waals surface area (Å²) >= 11 is 0. The molecule has 4 rings (SSSR count). The molecule has 3 aromatic rings. The molecule has 0 saturated heterocycles. The van der Waals surface area contributed by atoms with Crippen LogP contribution in [0.15, 0.2) is 53.7 Å². The minimum Gasteiger partial charge on any atom is -0.347 e. The lowest BCUT2D eigenvalue weighted by atomic mass is 10.1. The second-order valence-corrected chi connectivity index (χ2v) is 8.68. The molecule has 2 heterocycles. The molecule has 144 valence electrons. The number of nitrogens with zero attached hydrogens (tertiary/aromatic N) is 2. The lowest BCUT2D eigenvalue weighted by Crippen LogP contribution is -2.26. The van der Waals surface area contributed by atoms with E-state index in [1.807, 2.05) is 31.2 Å². The molecule has 0 saturated carbocycles.